The van der Waals surface area contributed by atoms with Crippen molar-refractivity contribution in [2.24, 2.45) is 0 Å². The summed E-state index contributed by atoms with van der Waals surface area (Å²) in [6, 6.07) is 3.45. The highest BCUT2D eigenvalue weighted by molar-refractivity contribution is 5.83. The van der Waals surface area contributed by atoms with Crippen LogP contribution in [0.25, 0.3) is 6.08 Å². The van der Waals surface area contributed by atoms with E-state index in [-0.39, 0.29) is 0 Å². The van der Waals surface area contributed by atoms with Crippen molar-refractivity contribution in [3.05, 3.63) is 29.3 Å². The third kappa shape index (κ3) is 2.37. The Morgan fingerprint density at radius 1 is 1.07 bits per heavy atom. The Bertz CT molecular complexity index is 381. The standard InChI is InChI=1S/C12H14O3/c1-4-5-9-6-11(14-2)12(15-3)7-10(9)8-13/h4-8H,1-3H3/b5-4+. The number of carbonyl (C=O) groups is 1. The van der Waals surface area contributed by atoms with Gasteiger partial charge in [0, 0.05) is 5.56 Å². The highest BCUT2D eigenvalue weighted by Crippen LogP contribution is 2.30. The SMILES string of the molecule is C/C=C/c1cc(OC)c(OC)cc1C=O. The lowest BCUT2D eigenvalue weighted by Gasteiger charge is -2.09. The minimum Gasteiger partial charge on any atom is -0.493 e. The van der Waals surface area contributed by atoms with E-state index in [1.54, 1.807) is 26.4 Å². The van der Waals surface area contributed by atoms with Gasteiger partial charge in [-0.05, 0) is 24.6 Å². The molecular weight excluding hydrogens is 192 g/mol. The van der Waals surface area contributed by atoms with Gasteiger partial charge in [-0.15, -0.1) is 0 Å². The zero-order valence-electron chi connectivity index (χ0n) is 9.11. The Hall–Kier alpha value is -1.77. The molecule has 3 nitrogen and oxygen atoms in total. The second-order valence-electron chi connectivity index (χ2n) is 2.95. The molecule has 0 N–H and O–H groups in total. The number of carbonyl (C=O) groups excluding carboxylic acids is 1. The zero-order valence-corrected chi connectivity index (χ0v) is 9.11. The maximum atomic E-state index is 10.8. The first-order chi connectivity index (χ1) is 7.26. The summed E-state index contributed by atoms with van der Waals surface area (Å²) in [6.45, 7) is 1.89. The van der Waals surface area contributed by atoms with Crippen molar-refractivity contribution in [1.29, 1.82) is 0 Å². The van der Waals surface area contributed by atoms with E-state index in [0.717, 1.165) is 11.8 Å². The van der Waals surface area contributed by atoms with Gasteiger partial charge in [-0.3, -0.25) is 4.79 Å². The zero-order chi connectivity index (χ0) is 11.3. The highest BCUT2D eigenvalue weighted by atomic mass is 16.5. The Kier molecular flexibility index (Phi) is 3.92. The molecule has 0 spiro atoms. The van der Waals surface area contributed by atoms with E-state index in [9.17, 15) is 4.79 Å². The van der Waals surface area contributed by atoms with Crippen LogP contribution in [0.15, 0.2) is 18.2 Å². The van der Waals surface area contributed by atoms with Crippen molar-refractivity contribution in [3.63, 3.8) is 0 Å². The molecule has 0 heterocycles. The quantitative estimate of drug-likeness (QED) is 0.710. The van der Waals surface area contributed by atoms with E-state index in [1.807, 2.05) is 19.1 Å². The molecule has 0 fully saturated rings. The van der Waals surface area contributed by atoms with Crippen LogP contribution in [0.5, 0.6) is 11.5 Å². The monoisotopic (exact) mass is 206 g/mol. The first-order valence-electron chi connectivity index (χ1n) is 4.60. The predicted octanol–water partition coefficient (Wildman–Crippen LogP) is 2.55. The van der Waals surface area contributed by atoms with Gasteiger partial charge in [0.1, 0.15) is 0 Å². The van der Waals surface area contributed by atoms with Crippen LogP contribution in [0.4, 0.5) is 0 Å². The van der Waals surface area contributed by atoms with Crippen molar-refractivity contribution in [2.75, 3.05) is 14.2 Å². The molecule has 1 aromatic rings. The van der Waals surface area contributed by atoms with Crippen LogP contribution in [0, 0.1) is 0 Å². The van der Waals surface area contributed by atoms with Gasteiger partial charge in [-0.25, -0.2) is 0 Å². The van der Waals surface area contributed by atoms with Gasteiger partial charge in [-0.1, -0.05) is 12.2 Å². The van der Waals surface area contributed by atoms with Crippen LogP contribution in [0.2, 0.25) is 0 Å². The fraction of sp³-hybridized carbons (Fsp3) is 0.250. The van der Waals surface area contributed by atoms with Gasteiger partial charge in [0.05, 0.1) is 14.2 Å². The van der Waals surface area contributed by atoms with Crippen LogP contribution >= 0.6 is 0 Å². The van der Waals surface area contributed by atoms with Crippen molar-refractivity contribution >= 4 is 12.4 Å². The van der Waals surface area contributed by atoms with Gasteiger partial charge in [0.15, 0.2) is 17.8 Å². The molecule has 80 valence electrons. The predicted molar refractivity (Wildman–Crippen MR) is 59.6 cm³/mol. The number of benzene rings is 1. The molecule has 0 saturated carbocycles. The molecule has 0 aliphatic heterocycles. The second-order valence-corrected chi connectivity index (χ2v) is 2.95. The van der Waals surface area contributed by atoms with Crippen molar-refractivity contribution in [1.82, 2.24) is 0 Å². The Balaban J connectivity index is 3.33. The summed E-state index contributed by atoms with van der Waals surface area (Å²) in [5.41, 5.74) is 1.41. The number of ether oxygens (including phenoxy) is 2. The summed E-state index contributed by atoms with van der Waals surface area (Å²) in [5, 5.41) is 0. The normalized spacial score (nSPS) is 10.3. The smallest absolute Gasteiger partial charge is 0.161 e. The number of hydrogen-bond acceptors (Lipinski definition) is 3. The van der Waals surface area contributed by atoms with Crippen LogP contribution in [0.3, 0.4) is 0 Å². The van der Waals surface area contributed by atoms with Gasteiger partial charge >= 0.3 is 0 Å². The fourth-order valence-electron chi connectivity index (χ4n) is 1.34. The van der Waals surface area contributed by atoms with Crippen LogP contribution in [-0.2, 0) is 0 Å². The Morgan fingerprint density at radius 2 is 1.60 bits per heavy atom. The summed E-state index contributed by atoms with van der Waals surface area (Å²) in [5.74, 6) is 1.18. The van der Waals surface area contributed by atoms with Gasteiger partial charge in [-0.2, -0.15) is 0 Å². The largest absolute Gasteiger partial charge is 0.493 e. The van der Waals surface area contributed by atoms with Crippen LogP contribution in [0.1, 0.15) is 22.8 Å². The average Bonchev–Trinajstić information content (AvgIpc) is 2.28. The molecule has 0 saturated heterocycles. The Labute approximate surface area is 89.3 Å². The second kappa shape index (κ2) is 5.20. The first kappa shape index (κ1) is 11.3. The summed E-state index contributed by atoms with van der Waals surface area (Å²) in [4.78, 5) is 10.8. The van der Waals surface area contributed by atoms with E-state index in [1.165, 1.54) is 0 Å². The maximum absolute atomic E-state index is 10.8. The first-order valence-corrected chi connectivity index (χ1v) is 4.60. The average molecular weight is 206 g/mol. The number of aldehydes is 1. The summed E-state index contributed by atoms with van der Waals surface area (Å²) < 4.78 is 10.3. The minimum absolute atomic E-state index is 0.563. The molecule has 1 aromatic carbocycles. The van der Waals surface area contributed by atoms with Crippen molar-refractivity contribution in [2.45, 2.75) is 6.92 Å². The van der Waals surface area contributed by atoms with E-state index in [4.69, 9.17) is 9.47 Å². The number of hydrogen-bond donors (Lipinski definition) is 0. The lowest BCUT2D eigenvalue weighted by Crippen LogP contribution is -1.94. The number of methoxy groups -OCH3 is 2. The lowest BCUT2D eigenvalue weighted by atomic mass is 10.1. The van der Waals surface area contributed by atoms with E-state index in [0.29, 0.717) is 17.1 Å². The molecule has 1 rings (SSSR count). The summed E-state index contributed by atoms with van der Waals surface area (Å²) >= 11 is 0. The number of allylic oxidation sites excluding steroid dienone is 1. The number of rotatable bonds is 4. The molecule has 15 heavy (non-hydrogen) atoms. The molecule has 0 aromatic heterocycles. The highest BCUT2D eigenvalue weighted by Gasteiger charge is 2.08. The minimum atomic E-state index is 0.563. The maximum Gasteiger partial charge on any atom is 0.161 e. The lowest BCUT2D eigenvalue weighted by molar-refractivity contribution is 0.112. The molecule has 0 aliphatic rings. The van der Waals surface area contributed by atoms with E-state index in [2.05, 4.69) is 0 Å². The van der Waals surface area contributed by atoms with Crippen LogP contribution < -0.4 is 9.47 Å². The molecule has 0 aliphatic carbocycles. The van der Waals surface area contributed by atoms with Crippen LogP contribution in [-0.4, -0.2) is 20.5 Å². The molecule has 0 atom stereocenters. The third-order valence-corrected chi connectivity index (χ3v) is 2.06. The van der Waals surface area contributed by atoms with Gasteiger partial charge in [0.2, 0.25) is 0 Å². The van der Waals surface area contributed by atoms with Gasteiger partial charge in [0.25, 0.3) is 0 Å². The Morgan fingerprint density at radius 3 is 2.00 bits per heavy atom. The molecule has 0 radical (unpaired) electrons. The third-order valence-electron chi connectivity index (χ3n) is 2.06. The van der Waals surface area contributed by atoms with Crippen molar-refractivity contribution < 1.29 is 14.3 Å². The fourth-order valence-corrected chi connectivity index (χ4v) is 1.34. The van der Waals surface area contributed by atoms with E-state index >= 15 is 0 Å². The van der Waals surface area contributed by atoms with Crippen molar-refractivity contribution in [3.8, 4) is 11.5 Å². The molecular formula is C12H14O3. The summed E-state index contributed by atoms with van der Waals surface area (Å²) in [7, 11) is 3.11. The van der Waals surface area contributed by atoms with Gasteiger partial charge < -0.3 is 9.47 Å². The molecule has 3 heteroatoms. The topological polar surface area (TPSA) is 35.5 Å². The van der Waals surface area contributed by atoms with E-state index < -0.39 is 0 Å². The molecule has 0 unspecified atom stereocenters. The molecule has 0 amide bonds. The summed E-state index contributed by atoms with van der Waals surface area (Å²) in [6.07, 6.45) is 4.53. The molecule has 0 bridgehead atoms.